The van der Waals surface area contributed by atoms with Crippen molar-refractivity contribution in [2.45, 2.75) is 59.1 Å². The smallest absolute Gasteiger partial charge is 0.123 e. The first kappa shape index (κ1) is 21.6. The molecular weight excluding hydrogens is 461 g/mol. The molecule has 2 aliphatic rings. The van der Waals surface area contributed by atoms with Crippen LogP contribution in [-0.2, 0) is 6.42 Å². The Balaban J connectivity index is 2.15. The summed E-state index contributed by atoms with van der Waals surface area (Å²) in [4.78, 5) is 0. The van der Waals surface area contributed by atoms with E-state index in [-0.39, 0.29) is 0 Å². The van der Waals surface area contributed by atoms with Gasteiger partial charge in [0.1, 0.15) is 12.0 Å². The Morgan fingerprint density at radius 3 is 2.79 bits per heavy atom. The van der Waals surface area contributed by atoms with Crippen molar-refractivity contribution in [3.63, 3.8) is 0 Å². The Bertz CT molecular complexity index is 807. The molecule has 3 rings (SSSR count). The molecule has 28 heavy (non-hydrogen) atoms. The van der Waals surface area contributed by atoms with Crippen LogP contribution in [0.3, 0.4) is 0 Å². The number of phenolic OH excluding ortho intramolecular Hbond substituents is 1. The summed E-state index contributed by atoms with van der Waals surface area (Å²) in [5, 5.41) is 23.6. The number of hydrogen-bond acceptors (Lipinski definition) is 3. The van der Waals surface area contributed by atoms with E-state index in [2.05, 4.69) is 60.0 Å². The molecule has 0 radical (unpaired) electrons. The molecule has 0 spiro atoms. The maximum absolute atomic E-state index is 10.9. The van der Waals surface area contributed by atoms with Crippen molar-refractivity contribution in [2.75, 3.05) is 6.54 Å². The number of nitrogens with one attached hydrogen (secondary N) is 1. The molecule has 0 saturated carbocycles. The fourth-order valence-corrected chi connectivity index (χ4v) is 5.18. The molecule has 1 aromatic carbocycles. The van der Waals surface area contributed by atoms with Crippen molar-refractivity contribution in [3.05, 3.63) is 56.2 Å². The van der Waals surface area contributed by atoms with Gasteiger partial charge in [0.15, 0.2) is 0 Å². The SMILES string of the molecule is CCC/C(CCN[C@@H](C)O)=C1/c2c(O)cccc2CCC2C=C(C)C(I)=CC12. The van der Waals surface area contributed by atoms with Crippen LogP contribution in [0.5, 0.6) is 5.75 Å². The highest BCUT2D eigenvalue weighted by molar-refractivity contribution is 14.1. The molecule has 0 saturated heterocycles. The summed E-state index contributed by atoms with van der Waals surface area (Å²) < 4.78 is 1.31. The molecule has 2 unspecified atom stereocenters. The van der Waals surface area contributed by atoms with E-state index in [0.717, 1.165) is 44.2 Å². The second-order valence-corrected chi connectivity index (χ2v) is 9.21. The van der Waals surface area contributed by atoms with Crippen molar-refractivity contribution in [1.82, 2.24) is 5.32 Å². The zero-order valence-electron chi connectivity index (χ0n) is 17.1. The van der Waals surface area contributed by atoms with Crippen molar-refractivity contribution < 1.29 is 10.2 Å². The van der Waals surface area contributed by atoms with E-state index in [1.807, 2.05) is 12.1 Å². The number of allylic oxidation sites excluding steroid dienone is 5. The molecule has 3 nitrogen and oxygen atoms in total. The lowest BCUT2D eigenvalue weighted by atomic mass is 9.76. The van der Waals surface area contributed by atoms with Gasteiger partial charge in [0.05, 0.1) is 0 Å². The third-order valence-corrected chi connectivity index (χ3v) is 7.12. The van der Waals surface area contributed by atoms with Gasteiger partial charge in [0.2, 0.25) is 0 Å². The highest BCUT2D eigenvalue weighted by Gasteiger charge is 2.33. The van der Waals surface area contributed by atoms with Crippen LogP contribution < -0.4 is 5.32 Å². The molecule has 0 amide bonds. The highest BCUT2D eigenvalue weighted by atomic mass is 127. The fraction of sp³-hybridized carbons (Fsp3) is 0.500. The molecule has 3 atom stereocenters. The van der Waals surface area contributed by atoms with Crippen molar-refractivity contribution in [2.24, 2.45) is 11.8 Å². The Labute approximate surface area is 182 Å². The summed E-state index contributed by atoms with van der Waals surface area (Å²) >= 11 is 2.45. The molecule has 152 valence electrons. The van der Waals surface area contributed by atoms with Crippen molar-refractivity contribution in [1.29, 1.82) is 0 Å². The van der Waals surface area contributed by atoms with Gasteiger partial charge < -0.3 is 10.2 Å². The Kier molecular flexibility index (Phi) is 7.40. The molecule has 2 aliphatic carbocycles. The van der Waals surface area contributed by atoms with Gasteiger partial charge in [-0.15, -0.1) is 0 Å². The molecule has 0 aliphatic heterocycles. The number of aryl methyl sites for hydroxylation is 1. The molecule has 3 N–H and O–H groups in total. The van der Waals surface area contributed by atoms with E-state index in [1.54, 1.807) is 6.92 Å². The third-order valence-electron chi connectivity index (χ3n) is 5.91. The predicted molar refractivity (Wildman–Crippen MR) is 125 cm³/mol. The summed E-state index contributed by atoms with van der Waals surface area (Å²) in [6.45, 7) is 6.92. The molecular formula is C24H32INO2. The van der Waals surface area contributed by atoms with Gasteiger partial charge in [-0.3, -0.25) is 5.32 Å². The second-order valence-electron chi connectivity index (χ2n) is 8.05. The van der Waals surface area contributed by atoms with Crippen LogP contribution in [0.4, 0.5) is 0 Å². The third kappa shape index (κ3) is 4.71. The summed E-state index contributed by atoms with van der Waals surface area (Å²) in [6, 6.07) is 5.97. The first-order valence-corrected chi connectivity index (χ1v) is 11.5. The number of rotatable bonds is 6. The number of aliphatic hydroxyl groups excluding tert-OH is 1. The molecule has 0 aromatic heterocycles. The largest absolute Gasteiger partial charge is 0.507 e. The number of aromatic hydroxyl groups is 1. The molecule has 0 fully saturated rings. The Morgan fingerprint density at radius 1 is 1.29 bits per heavy atom. The van der Waals surface area contributed by atoms with Gasteiger partial charge in [-0.05, 0) is 90.8 Å². The Morgan fingerprint density at radius 2 is 2.07 bits per heavy atom. The van der Waals surface area contributed by atoms with E-state index in [9.17, 15) is 10.2 Å². The van der Waals surface area contributed by atoms with Crippen LogP contribution in [0.1, 0.15) is 57.6 Å². The molecule has 1 aromatic rings. The van der Waals surface area contributed by atoms with Crippen molar-refractivity contribution >= 4 is 28.2 Å². The average molecular weight is 493 g/mol. The van der Waals surface area contributed by atoms with Crippen LogP contribution in [0.15, 0.2) is 45.1 Å². The number of benzene rings is 1. The van der Waals surface area contributed by atoms with Crippen LogP contribution in [0, 0.1) is 11.8 Å². The van der Waals surface area contributed by atoms with E-state index in [0.29, 0.717) is 17.6 Å². The number of fused-ring (bicyclic) bond motifs is 2. The first-order valence-electron chi connectivity index (χ1n) is 10.4. The second kappa shape index (κ2) is 9.59. The van der Waals surface area contributed by atoms with E-state index < -0.39 is 6.23 Å². The van der Waals surface area contributed by atoms with E-state index in [4.69, 9.17) is 0 Å². The fourth-order valence-electron chi connectivity index (χ4n) is 4.61. The standard InChI is InChI=1S/C24H32INO2/c1-4-6-17(11-12-26-16(3)27)23-20-14-21(25)15(2)13-19(20)10-9-18-7-5-8-22(28)24(18)23/h5,7-8,13-14,16,19-20,26-28H,4,6,9-12H2,1-3H3/b23-17-/t16-,19?,20?/m1/s1. The Hall–Kier alpha value is -1.11. The lowest BCUT2D eigenvalue weighted by molar-refractivity contribution is 0.157. The van der Waals surface area contributed by atoms with Crippen molar-refractivity contribution in [3.8, 4) is 5.75 Å². The highest BCUT2D eigenvalue weighted by Crippen LogP contribution is 2.48. The van der Waals surface area contributed by atoms with Crippen LogP contribution >= 0.6 is 22.6 Å². The number of hydrogen-bond donors (Lipinski definition) is 3. The minimum absolute atomic E-state index is 0.304. The maximum atomic E-state index is 10.9. The lowest BCUT2D eigenvalue weighted by Crippen LogP contribution is -2.27. The minimum atomic E-state index is -0.503. The van der Waals surface area contributed by atoms with Crippen LogP contribution in [-0.4, -0.2) is 23.0 Å². The van der Waals surface area contributed by atoms with Gasteiger partial charge in [-0.1, -0.05) is 43.2 Å². The molecule has 0 bridgehead atoms. The number of aliphatic hydroxyl groups is 1. The van der Waals surface area contributed by atoms with Gasteiger partial charge in [0.25, 0.3) is 0 Å². The topological polar surface area (TPSA) is 52.5 Å². The lowest BCUT2D eigenvalue weighted by Gasteiger charge is -2.30. The molecule has 4 heteroatoms. The van der Waals surface area contributed by atoms with Crippen LogP contribution in [0.25, 0.3) is 5.57 Å². The summed E-state index contributed by atoms with van der Waals surface area (Å²) in [5.74, 6) is 1.18. The van der Waals surface area contributed by atoms with Gasteiger partial charge in [-0.25, -0.2) is 0 Å². The van der Waals surface area contributed by atoms with Gasteiger partial charge >= 0.3 is 0 Å². The van der Waals surface area contributed by atoms with Gasteiger partial charge in [-0.2, -0.15) is 0 Å². The van der Waals surface area contributed by atoms with Crippen LogP contribution in [0.2, 0.25) is 0 Å². The zero-order valence-corrected chi connectivity index (χ0v) is 19.3. The number of phenols is 1. The number of halogens is 1. The zero-order chi connectivity index (χ0) is 20.3. The minimum Gasteiger partial charge on any atom is -0.507 e. The summed E-state index contributed by atoms with van der Waals surface area (Å²) in [7, 11) is 0. The summed E-state index contributed by atoms with van der Waals surface area (Å²) in [6.07, 6.45) is 9.42. The average Bonchev–Trinajstić information content (AvgIpc) is 2.79. The predicted octanol–water partition coefficient (Wildman–Crippen LogP) is 5.72. The summed E-state index contributed by atoms with van der Waals surface area (Å²) in [5.41, 5.74) is 6.41. The van der Waals surface area contributed by atoms with Gasteiger partial charge in [0, 0.05) is 21.6 Å². The first-order chi connectivity index (χ1) is 13.4. The van der Waals surface area contributed by atoms with E-state index in [1.165, 1.54) is 25.9 Å². The van der Waals surface area contributed by atoms with E-state index >= 15 is 0 Å². The molecule has 0 heterocycles. The quantitative estimate of drug-likeness (QED) is 0.351. The maximum Gasteiger partial charge on any atom is 0.123 e. The monoisotopic (exact) mass is 493 g/mol. The normalized spacial score (nSPS) is 24.5.